The monoisotopic (exact) mass is 288 g/mol. The molecule has 0 radical (unpaired) electrons. The summed E-state index contributed by atoms with van der Waals surface area (Å²) < 4.78 is 7.67. The number of esters is 1. The molecule has 110 valence electrons. The minimum Gasteiger partial charge on any atom is -0.460 e. The van der Waals surface area contributed by atoms with E-state index in [1.807, 2.05) is 6.92 Å². The molecule has 2 rings (SSSR count). The number of aromatic nitrogens is 2. The van der Waals surface area contributed by atoms with Gasteiger partial charge in [-0.05, 0) is 38.1 Å². The first-order chi connectivity index (χ1) is 9.95. The summed E-state index contributed by atoms with van der Waals surface area (Å²) in [5, 5.41) is 0. The number of ether oxygens (including phenoxy) is 1. The van der Waals surface area contributed by atoms with Crippen LogP contribution < -0.4 is 5.69 Å². The fraction of sp³-hybridized carbons (Fsp3) is 0.267. The van der Waals surface area contributed by atoms with E-state index in [-0.39, 0.29) is 17.9 Å². The number of hydrogen-bond donors (Lipinski definition) is 0. The summed E-state index contributed by atoms with van der Waals surface area (Å²) in [5.74, 6) is -1.57. The molecule has 0 amide bonds. The molecule has 0 spiro atoms. The zero-order chi connectivity index (χ0) is 15.6. The number of carbonyl (C=O) groups excluding carboxylic acids is 2. The number of imidazole rings is 1. The number of ketones is 1. The Hall–Kier alpha value is -2.63. The molecule has 0 aliphatic carbocycles. The van der Waals surface area contributed by atoms with Crippen LogP contribution in [-0.2, 0) is 16.6 Å². The Morgan fingerprint density at radius 1 is 1.19 bits per heavy atom. The second kappa shape index (κ2) is 5.78. The van der Waals surface area contributed by atoms with Gasteiger partial charge in [-0.3, -0.25) is 9.36 Å². The normalized spacial score (nSPS) is 10.4. The highest BCUT2D eigenvalue weighted by Gasteiger charge is 2.17. The van der Waals surface area contributed by atoms with Crippen LogP contribution >= 0.6 is 0 Å². The molecule has 6 heteroatoms. The molecule has 0 saturated heterocycles. The van der Waals surface area contributed by atoms with Gasteiger partial charge in [0.05, 0.1) is 12.3 Å². The molecule has 0 bridgehead atoms. The summed E-state index contributed by atoms with van der Waals surface area (Å²) in [5.41, 5.74) is 1.49. The first-order valence-corrected chi connectivity index (χ1v) is 6.52. The molecule has 1 aromatic carbocycles. The summed E-state index contributed by atoms with van der Waals surface area (Å²) in [7, 11) is 1.67. The van der Waals surface area contributed by atoms with Gasteiger partial charge >= 0.3 is 11.7 Å². The highest BCUT2D eigenvalue weighted by atomic mass is 16.5. The van der Waals surface area contributed by atoms with Crippen molar-refractivity contribution in [3.05, 3.63) is 52.2 Å². The number of Topliss-reactive ketones (excluding diaryl/α,β-unsaturated/α-hetero) is 1. The molecule has 0 atom stereocenters. The van der Waals surface area contributed by atoms with Crippen LogP contribution in [0.1, 0.15) is 23.0 Å². The Labute approximate surface area is 121 Å². The lowest BCUT2D eigenvalue weighted by Crippen LogP contribution is -2.21. The largest absolute Gasteiger partial charge is 0.460 e. The zero-order valence-electron chi connectivity index (χ0n) is 12.1. The maximum atomic E-state index is 12.0. The van der Waals surface area contributed by atoms with Crippen LogP contribution in [0.15, 0.2) is 35.3 Å². The second-order valence-corrected chi connectivity index (χ2v) is 4.60. The van der Waals surface area contributed by atoms with E-state index in [1.165, 1.54) is 21.3 Å². The molecule has 0 aliphatic heterocycles. The quantitative estimate of drug-likeness (QED) is 0.482. The van der Waals surface area contributed by atoms with E-state index in [4.69, 9.17) is 0 Å². The highest BCUT2D eigenvalue weighted by molar-refractivity contribution is 6.40. The minimum atomic E-state index is -0.877. The second-order valence-electron chi connectivity index (χ2n) is 4.60. The van der Waals surface area contributed by atoms with E-state index in [0.29, 0.717) is 5.69 Å². The average molecular weight is 288 g/mol. The maximum Gasteiger partial charge on any atom is 0.379 e. The van der Waals surface area contributed by atoms with Gasteiger partial charge in [0.15, 0.2) is 0 Å². The molecular formula is C15H16N2O4. The van der Waals surface area contributed by atoms with Gasteiger partial charge in [0.25, 0.3) is 5.78 Å². The molecule has 0 aliphatic rings. The lowest BCUT2D eigenvalue weighted by atomic mass is 10.1. The number of benzene rings is 1. The fourth-order valence-electron chi connectivity index (χ4n) is 2.09. The van der Waals surface area contributed by atoms with Gasteiger partial charge in [-0.1, -0.05) is 0 Å². The Bertz CT molecular complexity index is 738. The van der Waals surface area contributed by atoms with Gasteiger partial charge < -0.3 is 9.30 Å². The van der Waals surface area contributed by atoms with Gasteiger partial charge in [0, 0.05) is 24.5 Å². The summed E-state index contributed by atoms with van der Waals surface area (Å²) in [6, 6.07) is 6.27. The summed E-state index contributed by atoms with van der Waals surface area (Å²) in [4.78, 5) is 35.1. The van der Waals surface area contributed by atoms with Crippen molar-refractivity contribution >= 4 is 11.8 Å². The highest BCUT2D eigenvalue weighted by Crippen LogP contribution is 2.11. The number of hydrogen-bond acceptors (Lipinski definition) is 4. The van der Waals surface area contributed by atoms with E-state index in [9.17, 15) is 14.4 Å². The third-order valence-electron chi connectivity index (χ3n) is 3.07. The Morgan fingerprint density at radius 3 is 2.29 bits per heavy atom. The van der Waals surface area contributed by atoms with Crippen molar-refractivity contribution < 1.29 is 14.3 Å². The standard InChI is InChI=1S/C15H16N2O4/c1-4-21-14(19)13(18)11-5-7-12(8-6-11)17-10(2)9-16(3)15(17)20/h5-9H,4H2,1-3H3. The van der Waals surface area contributed by atoms with E-state index >= 15 is 0 Å². The number of carbonyl (C=O) groups is 2. The van der Waals surface area contributed by atoms with Crippen molar-refractivity contribution in [2.24, 2.45) is 7.05 Å². The molecule has 1 heterocycles. The smallest absolute Gasteiger partial charge is 0.379 e. The molecule has 1 aromatic heterocycles. The van der Waals surface area contributed by atoms with Crippen LogP contribution in [0.5, 0.6) is 0 Å². The van der Waals surface area contributed by atoms with E-state index < -0.39 is 11.8 Å². The molecule has 0 unspecified atom stereocenters. The lowest BCUT2D eigenvalue weighted by Gasteiger charge is -2.05. The van der Waals surface area contributed by atoms with Crippen LogP contribution in [0.3, 0.4) is 0 Å². The molecule has 0 N–H and O–H groups in total. The Morgan fingerprint density at radius 2 is 1.81 bits per heavy atom. The molecule has 21 heavy (non-hydrogen) atoms. The number of rotatable bonds is 4. The Balaban J connectivity index is 2.33. The summed E-state index contributed by atoms with van der Waals surface area (Å²) >= 11 is 0. The number of nitrogens with zero attached hydrogens (tertiary/aromatic N) is 2. The Kier molecular flexibility index (Phi) is 4.07. The molecular weight excluding hydrogens is 272 g/mol. The van der Waals surface area contributed by atoms with Crippen LogP contribution in [-0.4, -0.2) is 27.5 Å². The SMILES string of the molecule is CCOC(=O)C(=O)c1ccc(-n2c(C)cn(C)c2=O)cc1. The first-order valence-electron chi connectivity index (χ1n) is 6.52. The van der Waals surface area contributed by atoms with Crippen LogP contribution in [0.4, 0.5) is 0 Å². The lowest BCUT2D eigenvalue weighted by molar-refractivity contribution is -0.137. The predicted octanol–water partition coefficient (Wildman–Crippen LogP) is 1.23. The average Bonchev–Trinajstić information content (AvgIpc) is 2.72. The zero-order valence-corrected chi connectivity index (χ0v) is 12.1. The van der Waals surface area contributed by atoms with E-state index in [1.54, 1.807) is 32.3 Å². The third kappa shape index (κ3) is 2.79. The van der Waals surface area contributed by atoms with Crippen molar-refractivity contribution in [3.63, 3.8) is 0 Å². The van der Waals surface area contributed by atoms with Crippen LogP contribution in [0.25, 0.3) is 5.69 Å². The number of aryl methyl sites for hydroxylation is 2. The van der Waals surface area contributed by atoms with Crippen LogP contribution in [0.2, 0.25) is 0 Å². The minimum absolute atomic E-state index is 0.154. The van der Waals surface area contributed by atoms with Gasteiger partial charge in [-0.25, -0.2) is 9.59 Å². The van der Waals surface area contributed by atoms with Crippen molar-refractivity contribution in [3.8, 4) is 5.69 Å². The van der Waals surface area contributed by atoms with Gasteiger partial charge in [-0.15, -0.1) is 0 Å². The molecule has 0 fully saturated rings. The molecule has 0 saturated carbocycles. The summed E-state index contributed by atoms with van der Waals surface area (Å²) in [6.07, 6.45) is 1.72. The molecule has 2 aromatic rings. The fourth-order valence-corrected chi connectivity index (χ4v) is 2.09. The maximum absolute atomic E-state index is 12.0. The van der Waals surface area contributed by atoms with Gasteiger partial charge in [0.1, 0.15) is 0 Å². The van der Waals surface area contributed by atoms with E-state index in [2.05, 4.69) is 4.74 Å². The van der Waals surface area contributed by atoms with Crippen molar-refractivity contribution in [1.29, 1.82) is 0 Å². The van der Waals surface area contributed by atoms with Crippen molar-refractivity contribution in [1.82, 2.24) is 9.13 Å². The molecule has 6 nitrogen and oxygen atoms in total. The predicted molar refractivity (Wildman–Crippen MR) is 76.7 cm³/mol. The topological polar surface area (TPSA) is 70.3 Å². The van der Waals surface area contributed by atoms with E-state index in [0.717, 1.165) is 5.69 Å². The van der Waals surface area contributed by atoms with Crippen molar-refractivity contribution in [2.75, 3.05) is 6.61 Å². The van der Waals surface area contributed by atoms with Crippen molar-refractivity contribution in [2.45, 2.75) is 13.8 Å². The summed E-state index contributed by atoms with van der Waals surface area (Å²) in [6.45, 7) is 3.61. The van der Waals surface area contributed by atoms with Crippen LogP contribution in [0, 0.1) is 6.92 Å². The third-order valence-corrected chi connectivity index (χ3v) is 3.07. The van der Waals surface area contributed by atoms with Gasteiger partial charge in [0.2, 0.25) is 0 Å². The first kappa shape index (κ1) is 14.8. The van der Waals surface area contributed by atoms with Gasteiger partial charge in [-0.2, -0.15) is 0 Å².